The number of amides is 1. The van der Waals surface area contributed by atoms with Gasteiger partial charge in [-0.1, -0.05) is 60.7 Å². The third kappa shape index (κ3) is 3.31. The van der Waals surface area contributed by atoms with E-state index in [0.717, 1.165) is 18.7 Å². The normalized spacial score (nSPS) is 21.1. The molecule has 1 aliphatic rings. The highest BCUT2D eigenvalue weighted by molar-refractivity contribution is 5.80. The molecule has 1 saturated heterocycles. The first kappa shape index (κ1) is 13.8. The van der Waals surface area contributed by atoms with Crippen LogP contribution in [0.25, 0.3) is 0 Å². The standard InChI is InChI=1S/C18H20N2O/c21-18(20-11-14-7-3-1-4-8-14)17-13-19-12-16(17)15-9-5-2-6-10-15/h1-10,16-17,19H,11-13H2,(H,20,21)/t16-,17+/m1/s1. The van der Waals surface area contributed by atoms with E-state index in [-0.39, 0.29) is 17.7 Å². The number of hydrogen-bond acceptors (Lipinski definition) is 2. The summed E-state index contributed by atoms with van der Waals surface area (Å²) in [6.45, 7) is 2.21. The minimum Gasteiger partial charge on any atom is -0.352 e. The summed E-state index contributed by atoms with van der Waals surface area (Å²) >= 11 is 0. The molecule has 21 heavy (non-hydrogen) atoms. The van der Waals surface area contributed by atoms with Gasteiger partial charge in [-0.15, -0.1) is 0 Å². The largest absolute Gasteiger partial charge is 0.352 e. The topological polar surface area (TPSA) is 41.1 Å². The van der Waals surface area contributed by atoms with Crippen LogP contribution in [0.2, 0.25) is 0 Å². The monoisotopic (exact) mass is 280 g/mol. The van der Waals surface area contributed by atoms with Crippen molar-refractivity contribution in [3.8, 4) is 0 Å². The zero-order chi connectivity index (χ0) is 14.5. The Morgan fingerprint density at radius 2 is 1.67 bits per heavy atom. The van der Waals surface area contributed by atoms with Crippen LogP contribution < -0.4 is 10.6 Å². The lowest BCUT2D eigenvalue weighted by Gasteiger charge is -2.18. The lowest BCUT2D eigenvalue weighted by Crippen LogP contribution is -2.33. The summed E-state index contributed by atoms with van der Waals surface area (Å²) in [6.07, 6.45) is 0. The van der Waals surface area contributed by atoms with Crippen LogP contribution in [0.1, 0.15) is 17.0 Å². The van der Waals surface area contributed by atoms with Crippen molar-refractivity contribution in [1.82, 2.24) is 10.6 Å². The summed E-state index contributed by atoms with van der Waals surface area (Å²) in [4.78, 5) is 12.5. The zero-order valence-electron chi connectivity index (χ0n) is 12.0. The molecular weight excluding hydrogens is 260 g/mol. The maximum Gasteiger partial charge on any atom is 0.225 e. The summed E-state index contributed by atoms with van der Waals surface area (Å²) in [6, 6.07) is 20.3. The molecule has 0 saturated carbocycles. The van der Waals surface area contributed by atoms with Gasteiger partial charge in [0.1, 0.15) is 0 Å². The van der Waals surface area contributed by atoms with E-state index in [0.29, 0.717) is 6.54 Å². The van der Waals surface area contributed by atoms with Gasteiger partial charge in [-0.25, -0.2) is 0 Å². The summed E-state index contributed by atoms with van der Waals surface area (Å²) in [5.41, 5.74) is 2.37. The van der Waals surface area contributed by atoms with E-state index in [2.05, 4.69) is 22.8 Å². The second kappa shape index (κ2) is 6.55. The van der Waals surface area contributed by atoms with Crippen molar-refractivity contribution in [3.05, 3.63) is 71.8 Å². The third-order valence-electron chi connectivity index (χ3n) is 4.09. The first-order valence-electron chi connectivity index (χ1n) is 7.42. The Labute approximate surface area is 125 Å². The molecule has 0 spiro atoms. The van der Waals surface area contributed by atoms with Crippen molar-refractivity contribution < 1.29 is 4.79 Å². The van der Waals surface area contributed by atoms with E-state index < -0.39 is 0 Å². The Kier molecular flexibility index (Phi) is 4.31. The van der Waals surface area contributed by atoms with Crippen LogP contribution in [0.3, 0.4) is 0 Å². The van der Waals surface area contributed by atoms with E-state index in [1.54, 1.807) is 0 Å². The molecule has 1 aliphatic heterocycles. The van der Waals surface area contributed by atoms with Crippen molar-refractivity contribution in [2.75, 3.05) is 13.1 Å². The molecule has 3 heteroatoms. The van der Waals surface area contributed by atoms with Crippen LogP contribution >= 0.6 is 0 Å². The highest BCUT2D eigenvalue weighted by Crippen LogP contribution is 2.28. The molecule has 1 fully saturated rings. The molecule has 0 unspecified atom stereocenters. The first-order valence-corrected chi connectivity index (χ1v) is 7.42. The van der Waals surface area contributed by atoms with Gasteiger partial charge in [-0.2, -0.15) is 0 Å². The van der Waals surface area contributed by atoms with Gasteiger partial charge in [0.15, 0.2) is 0 Å². The van der Waals surface area contributed by atoms with Crippen molar-refractivity contribution in [2.45, 2.75) is 12.5 Å². The Bertz CT molecular complexity index is 583. The molecule has 2 N–H and O–H groups in total. The maximum absolute atomic E-state index is 12.5. The van der Waals surface area contributed by atoms with Gasteiger partial charge in [-0.3, -0.25) is 4.79 Å². The minimum atomic E-state index is 0.0103. The van der Waals surface area contributed by atoms with E-state index in [1.807, 2.05) is 48.5 Å². The highest BCUT2D eigenvalue weighted by atomic mass is 16.1. The van der Waals surface area contributed by atoms with E-state index >= 15 is 0 Å². The molecule has 0 radical (unpaired) electrons. The maximum atomic E-state index is 12.5. The van der Waals surface area contributed by atoms with Crippen molar-refractivity contribution in [1.29, 1.82) is 0 Å². The van der Waals surface area contributed by atoms with Crippen molar-refractivity contribution >= 4 is 5.91 Å². The van der Waals surface area contributed by atoms with Crippen LogP contribution in [0.4, 0.5) is 0 Å². The van der Waals surface area contributed by atoms with Crippen LogP contribution in [-0.4, -0.2) is 19.0 Å². The van der Waals surface area contributed by atoms with Gasteiger partial charge in [0.2, 0.25) is 5.91 Å². The predicted molar refractivity (Wildman–Crippen MR) is 83.8 cm³/mol. The highest BCUT2D eigenvalue weighted by Gasteiger charge is 2.33. The summed E-state index contributed by atoms with van der Waals surface area (Å²) in [7, 11) is 0. The fourth-order valence-corrected chi connectivity index (χ4v) is 2.92. The number of nitrogens with one attached hydrogen (secondary N) is 2. The average molecular weight is 280 g/mol. The molecule has 3 nitrogen and oxygen atoms in total. The summed E-state index contributed by atoms with van der Waals surface area (Å²) < 4.78 is 0. The van der Waals surface area contributed by atoms with E-state index in [9.17, 15) is 4.79 Å². The van der Waals surface area contributed by atoms with Crippen LogP contribution in [0.5, 0.6) is 0 Å². The SMILES string of the molecule is O=C(NCc1ccccc1)[C@H]1CNC[C@@H]1c1ccccc1. The third-order valence-corrected chi connectivity index (χ3v) is 4.09. The molecule has 0 aromatic heterocycles. The van der Waals surface area contributed by atoms with Gasteiger partial charge in [0, 0.05) is 25.6 Å². The van der Waals surface area contributed by atoms with Crippen molar-refractivity contribution in [3.63, 3.8) is 0 Å². The molecule has 0 bridgehead atoms. The van der Waals surface area contributed by atoms with Gasteiger partial charge < -0.3 is 10.6 Å². The molecule has 2 aromatic rings. The Hall–Kier alpha value is -2.13. The molecule has 1 heterocycles. The number of hydrogen-bond donors (Lipinski definition) is 2. The number of carbonyl (C=O) groups is 1. The molecule has 2 atom stereocenters. The van der Waals surface area contributed by atoms with Crippen LogP contribution in [-0.2, 0) is 11.3 Å². The smallest absolute Gasteiger partial charge is 0.225 e. The van der Waals surface area contributed by atoms with Crippen molar-refractivity contribution in [2.24, 2.45) is 5.92 Å². The predicted octanol–water partition coefficient (Wildman–Crippen LogP) is 2.31. The lowest BCUT2D eigenvalue weighted by atomic mass is 9.88. The van der Waals surface area contributed by atoms with Crippen LogP contribution in [0, 0.1) is 5.92 Å². The summed E-state index contributed by atoms with van der Waals surface area (Å²) in [5.74, 6) is 0.413. The van der Waals surface area contributed by atoms with E-state index in [4.69, 9.17) is 0 Å². The molecule has 108 valence electrons. The number of rotatable bonds is 4. The van der Waals surface area contributed by atoms with Gasteiger partial charge in [0.25, 0.3) is 0 Å². The van der Waals surface area contributed by atoms with Gasteiger partial charge in [0.05, 0.1) is 5.92 Å². The first-order chi connectivity index (χ1) is 10.3. The quantitative estimate of drug-likeness (QED) is 0.902. The number of carbonyl (C=O) groups excluding carboxylic acids is 1. The molecule has 0 aliphatic carbocycles. The fourth-order valence-electron chi connectivity index (χ4n) is 2.92. The molecule has 2 aromatic carbocycles. The lowest BCUT2D eigenvalue weighted by molar-refractivity contribution is -0.125. The number of benzene rings is 2. The zero-order valence-corrected chi connectivity index (χ0v) is 12.0. The second-order valence-electron chi connectivity index (χ2n) is 5.49. The average Bonchev–Trinajstić information content (AvgIpc) is 3.04. The molecule has 1 amide bonds. The van der Waals surface area contributed by atoms with Gasteiger partial charge >= 0.3 is 0 Å². The van der Waals surface area contributed by atoms with Crippen LogP contribution in [0.15, 0.2) is 60.7 Å². The Balaban J connectivity index is 1.64. The second-order valence-corrected chi connectivity index (χ2v) is 5.49. The Morgan fingerprint density at radius 3 is 2.38 bits per heavy atom. The molecular formula is C18H20N2O. The molecule has 3 rings (SSSR count). The summed E-state index contributed by atoms with van der Waals surface area (Å²) in [5, 5.41) is 6.40. The Morgan fingerprint density at radius 1 is 1.00 bits per heavy atom. The van der Waals surface area contributed by atoms with Gasteiger partial charge in [-0.05, 0) is 11.1 Å². The fraction of sp³-hybridized carbons (Fsp3) is 0.278. The van der Waals surface area contributed by atoms with E-state index in [1.165, 1.54) is 5.56 Å². The minimum absolute atomic E-state index is 0.0103.